The third-order valence-corrected chi connectivity index (χ3v) is 4.66. The van der Waals surface area contributed by atoms with Crippen LogP contribution in [0.3, 0.4) is 0 Å². The van der Waals surface area contributed by atoms with Crippen LogP contribution in [0.2, 0.25) is 0 Å². The van der Waals surface area contributed by atoms with Gasteiger partial charge in [-0.15, -0.1) is 0 Å². The molecule has 0 aliphatic carbocycles. The average Bonchev–Trinajstić information content (AvgIpc) is 2.72. The zero-order valence-electron chi connectivity index (χ0n) is 15.7. The lowest BCUT2D eigenvalue weighted by atomic mass is 9.99. The molecule has 1 aliphatic heterocycles. The van der Waals surface area contributed by atoms with E-state index < -0.39 is 49.0 Å². The molecule has 0 unspecified atom stereocenters. The molecule has 0 radical (unpaired) electrons. The SMILES string of the molecule is O=C(O[C@@H]1O[C@@H](CO)[C@@H](O)[C@H](O)[C@@H]1O)c1c(O)cc(O)cc1C=Cc1ccccc1. The third kappa shape index (κ3) is 4.61. The minimum Gasteiger partial charge on any atom is -0.508 e. The van der Waals surface area contributed by atoms with Crippen molar-refractivity contribution >= 4 is 18.1 Å². The Kier molecular flexibility index (Phi) is 6.70. The minimum atomic E-state index is -1.78. The Balaban J connectivity index is 1.87. The lowest BCUT2D eigenvalue weighted by molar-refractivity contribution is -0.285. The molecule has 0 saturated carbocycles. The molecule has 2 aromatic rings. The van der Waals surface area contributed by atoms with E-state index in [1.165, 1.54) is 12.1 Å². The number of rotatable bonds is 5. The van der Waals surface area contributed by atoms with Crippen molar-refractivity contribution in [2.45, 2.75) is 30.7 Å². The summed E-state index contributed by atoms with van der Waals surface area (Å²) < 4.78 is 10.2. The Morgan fingerprint density at radius 1 is 1.00 bits per heavy atom. The number of carbonyl (C=O) groups excluding carboxylic acids is 1. The van der Waals surface area contributed by atoms with Crippen molar-refractivity contribution in [3.05, 3.63) is 59.2 Å². The second-order valence-corrected chi connectivity index (χ2v) is 6.78. The van der Waals surface area contributed by atoms with Crippen molar-refractivity contribution < 1.29 is 44.9 Å². The number of aliphatic hydroxyl groups is 4. The van der Waals surface area contributed by atoms with E-state index in [9.17, 15) is 35.4 Å². The molecule has 0 bridgehead atoms. The normalized spacial score (nSPS) is 26.6. The molecular formula is C21H22O9. The number of aliphatic hydroxyl groups excluding tert-OH is 4. The van der Waals surface area contributed by atoms with Crippen molar-refractivity contribution in [3.63, 3.8) is 0 Å². The Labute approximate surface area is 171 Å². The number of phenolic OH excluding ortho intramolecular Hbond substituents is 2. The van der Waals surface area contributed by atoms with E-state index >= 15 is 0 Å². The van der Waals surface area contributed by atoms with Crippen LogP contribution in [0.25, 0.3) is 12.2 Å². The number of phenols is 2. The smallest absolute Gasteiger partial charge is 0.344 e. The number of benzene rings is 2. The Bertz CT molecular complexity index is 910. The highest BCUT2D eigenvalue weighted by molar-refractivity contribution is 5.98. The van der Waals surface area contributed by atoms with Crippen LogP contribution >= 0.6 is 0 Å². The van der Waals surface area contributed by atoms with Crippen LogP contribution in [0.15, 0.2) is 42.5 Å². The van der Waals surface area contributed by atoms with Gasteiger partial charge in [-0.1, -0.05) is 42.5 Å². The van der Waals surface area contributed by atoms with Crippen molar-refractivity contribution in [1.82, 2.24) is 0 Å². The van der Waals surface area contributed by atoms with Gasteiger partial charge in [0.15, 0.2) is 0 Å². The fourth-order valence-electron chi connectivity index (χ4n) is 3.07. The molecule has 5 atom stereocenters. The molecule has 1 aliphatic rings. The number of aromatic hydroxyl groups is 2. The zero-order valence-corrected chi connectivity index (χ0v) is 15.7. The maximum Gasteiger partial charge on any atom is 0.344 e. The first-order chi connectivity index (χ1) is 14.3. The highest BCUT2D eigenvalue weighted by atomic mass is 16.7. The van der Waals surface area contributed by atoms with Crippen LogP contribution < -0.4 is 0 Å². The topological polar surface area (TPSA) is 157 Å². The summed E-state index contributed by atoms with van der Waals surface area (Å²) in [7, 11) is 0. The van der Waals surface area contributed by atoms with Crippen molar-refractivity contribution in [2.24, 2.45) is 0 Å². The summed E-state index contributed by atoms with van der Waals surface area (Å²) in [6, 6.07) is 11.3. The van der Waals surface area contributed by atoms with Crippen molar-refractivity contribution in [1.29, 1.82) is 0 Å². The van der Waals surface area contributed by atoms with Gasteiger partial charge in [0, 0.05) is 6.07 Å². The fraction of sp³-hybridized carbons (Fsp3) is 0.286. The minimum absolute atomic E-state index is 0.131. The van der Waals surface area contributed by atoms with Crippen LogP contribution in [0.4, 0.5) is 0 Å². The maximum atomic E-state index is 12.7. The quantitative estimate of drug-likeness (QED) is 0.295. The van der Waals surface area contributed by atoms with Crippen LogP contribution in [0, 0.1) is 0 Å². The monoisotopic (exact) mass is 418 g/mol. The molecule has 6 N–H and O–H groups in total. The molecule has 1 heterocycles. The number of hydrogen-bond donors (Lipinski definition) is 6. The van der Waals surface area contributed by atoms with E-state index in [-0.39, 0.29) is 16.9 Å². The summed E-state index contributed by atoms with van der Waals surface area (Å²) >= 11 is 0. The summed E-state index contributed by atoms with van der Waals surface area (Å²) in [4.78, 5) is 12.7. The first kappa shape index (κ1) is 21.8. The van der Waals surface area contributed by atoms with E-state index in [4.69, 9.17) is 9.47 Å². The first-order valence-corrected chi connectivity index (χ1v) is 9.12. The van der Waals surface area contributed by atoms with E-state index in [0.717, 1.165) is 11.6 Å². The van der Waals surface area contributed by atoms with Gasteiger partial charge in [-0.05, 0) is 17.2 Å². The van der Waals surface area contributed by atoms with Gasteiger partial charge in [0.1, 0.15) is 41.5 Å². The standard InChI is InChI=1S/C21H22O9/c22-10-15-17(25)18(26)19(27)21(29-15)30-20(28)16-12(8-13(23)9-14(16)24)7-6-11-4-2-1-3-5-11/h1-9,15,17-19,21-27H,10H2/t15-,17+,18-,19-,21-/m0/s1. The van der Waals surface area contributed by atoms with Crippen molar-refractivity contribution in [3.8, 4) is 11.5 Å². The Morgan fingerprint density at radius 3 is 2.37 bits per heavy atom. The van der Waals surface area contributed by atoms with E-state index in [2.05, 4.69) is 0 Å². The van der Waals surface area contributed by atoms with Gasteiger partial charge in [-0.3, -0.25) is 0 Å². The molecule has 0 spiro atoms. The molecule has 30 heavy (non-hydrogen) atoms. The molecule has 9 nitrogen and oxygen atoms in total. The summed E-state index contributed by atoms with van der Waals surface area (Å²) in [6.45, 7) is -0.686. The predicted octanol–water partition coefficient (Wildman–Crippen LogP) is 0.225. The number of hydrogen-bond acceptors (Lipinski definition) is 9. The zero-order chi connectivity index (χ0) is 21.8. The van der Waals surface area contributed by atoms with Gasteiger partial charge in [0.25, 0.3) is 0 Å². The van der Waals surface area contributed by atoms with Crippen LogP contribution in [-0.4, -0.2) is 73.9 Å². The molecule has 0 amide bonds. The van der Waals surface area contributed by atoms with Gasteiger partial charge in [0.2, 0.25) is 6.29 Å². The molecule has 3 rings (SSSR count). The lowest BCUT2D eigenvalue weighted by Crippen LogP contribution is -2.59. The number of carbonyl (C=O) groups is 1. The average molecular weight is 418 g/mol. The van der Waals surface area contributed by atoms with Gasteiger partial charge < -0.3 is 40.1 Å². The highest BCUT2D eigenvalue weighted by Crippen LogP contribution is 2.31. The predicted molar refractivity (Wildman–Crippen MR) is 104 cm³/mol. The first-order valence-electron chi connectivity index (χ1n) is 9.12. The summed E-state index contributed by atoms with van der Waals surface area (Å²) in [5.41, 5.74) is 0.622. The molecular weight excluding hydrogens is 396 g/mol. The molecule has 1 fully saturated rings. The van der Waals surface area contributed by atoms with Gasteiger partial charge >= 0.3 is 5.97 Å². The second kappa shape index (κ2) is 9.24. The van der Waals surface area contributed by atoms with Crippen LogP contribution in [0.5, 0.6) is 11.5 Å². The van der Waals surface area contributed by atoms with E-state index in [1.54, 1.807) is 6.08 Å². The lowest BCUT2D eigenvalue weighted by Gasteiger charge is -2.39. The van der Waals surface area contributed by atoms with Crippen molar-refractivity contribution in [2.75, 3.05) is 6.61 Å². The molecule has 1 saturated heterocycles. The number of esters is 1. The largest absolute Gasteiger partial charge is 0.508 e. The van der Waals surface area contributed by atoms with Gasteiger partial charge in [-0.2, -0.15) is 0 Å². The Hall–Kier alpha value is -2.95. The van der Waals surface area contributed by atoms with Crippen LogP contribution in [-0.2, 0) is 9.47 Å². The van der Waals surface area contributed by atoms with Crippen LogP contribution in [0.1, 0.15) is 21.5 Å². The summed E-state index contributed by atoms with van der Waals surface area (Å²) in [5.74, 6) is -1.97. The molecule has 160 valence electrons. The maximum absolute atomic E-state index is 12.7. The molecule has 0 aromatic heterocycles. The Morgan fingerprint density at radius 2 is 1.70 bits per heavy atom. The summed E-state index contributed by atoms with van der Waals surface area (Å²) in [5, 5.41) is 58.9. The van der Waals surface area contributed by atoms with Gasteiger partial charge in [0.05, 0.1) is 6.61 Å². The van der Waals surface area contributed by atoms with E-state index in [0.29, 0.717) is 0 Å². The van der Waals surface area contributed by atoms with Gasteiger partial charge in [-0.25, -0.2) is 4.79 Å². The molecule has 9 heteroatoms. The molecule has 2 aromatic carbocycles. The highest BCUT2D eigenvalue weighted by Gasteiger charge is 2.45. The third-order valence-electron chi connectivity index (χ3n) is 4.66. The second-order valence-electron chi connectivity index (χ2n) is 6.78. The summed E-state index contributed by atoms with van der Waals surface area (Å²) in [6.07, 6.45) is -4.93. The van der Waals surface area contributed by atoms with E-state index in [1.807, 2.05) is 30.3 Å². The fourth-order valence-corrected chi connectivity index (χ4v) is 3.07. The number of ether oxygens (including phenoxy) is 2.